The van der Waals surface area contributed by atoms with Crippen molar-refractivity contribution < 1.29 is 23.7 Å². The average Bonchev–Trinajstić information content (AvgIpc) is 3.24. The van der Waals surface area contributed by atoms with Gasteiger partial charge in [-0.25, -0.2) is 4.79 Å². The molecular weight excluding hydrogens is 406 g/mol. The Labute approximate surface area is 191 Å². The van der Waals surface area contributed by atoms with Crippen LogP contribution in [-0.2, 0) is 17.6 Å². The second-order valence-electron chi connectivity index (χ2n) is 9.04. The zero-order valence-electron chi connectivity index (χ0n) is 19.8. The first-order valence-corrected chi connectivity index (χ1v) is 11.2. The topological polar surface area (TPSA) is 57.2 Å². The largest absolute Gasteiger partial charge is 0.493 e. The van der Waals surface area contributed by atoms with Crippen molar-refractivity contribution in [2.75, 3.05) is 27.4 Å². The summed E-state index contributed by atoms with van der Waals surface area (Å²) in [4.78, 5) is 14.3. The van der Waals surface area contributed by atoms with Gasteiger partial charge in [-0.1, -0.05) is 30.3 Å². The van der Waals surface area contributed by atoms with Gasteiger partial charge in [0.2, 0.25) is 0 Å². The molecule has 0 aromatic heterocycles. The summed E-state index contributed by atoms with van der Waals surface area (Å²) in [7, 11) is 3.31. The van der Waals surface area contributed by atoms with E-state index in [-0.39, 0.29) is 12.1 Å². The minimum atomic E-state index is -0.501. The van der Waals surface area contributed by atoms with Gasteiger partial charge in [-0.3, -0.25) is 0 Å². The molecule has 1 amide bonds. The van der Waals surface area contributed by atoms with Crippen molar-refractivity contribution in [3.8, 4) is 17.2 Å². The Morgan fingerprint density at radius 3 is 2.38 bits per heavy atom. The van der Waals surface area contributed by atoms with Gasteiger partial charge in [0.05, 0.1) is 20.3 Å². The van der Waals surface area contributed by atoms with E-state index in [9.17, 15) is 4.79 Å². The molecule has 3 rings (SSSR count). The van der Waals surface area contributed by atoms with Crippen LogP contribution < -0.4 is 14.2 Å². The van der Waals surface area contributed by atoms with E-state index in [4.69, 9.17) is 18.9 Å². The highest BCUT2D eigenvalue weighted by Crippen LogP contribution is 2.32. The molecule has 2 aromatic rings. The lowest BCUT2D eigenvalue weighted by molar-refractivity contribution is 0.0187. The van der Waals surface area contributed by atoms with Crippen molar-refractivity contribution >= 4 is 6.09 Å². The fourth-order valence-electron chi connectivity index (χ4n) is 4.03. The third kappa shape index (κ3) is 6.09. The Kier molecular flexibility index (Phi) is 7.89. The first-order valence-electron chi connectivity index (χ1n) is 11.2. The lowest BCUT2D eigenvalue weighted by Crippen LogP contribution is -2.42. The maximum atomic E-state index is 12.5. The fraction of sp³-hybridized carbons (Fsp3) is 0.500. The Morgan fingerprint density at radius 2 is 1.66 bits per heavy atom. The van der Waals surface area contributed by atoms with Gasteiger partial charge in [0.1, 0.15) is 18.0 Å². The number of rotatable bonds is 8. The summed E-state index contributed by atoms with van der Waals surface area (Å²) in [5.41, 5.74) is 1.71. The number of benzene rings is 2. The molecule has 1 atom stereocenters. The number of ether oxygens (including phenoxy) is 4. The molecule has 6 nitrogen and oxygen atoms in total. The van der Waals surface area contributed by atoms with Gasteiger partial charge in [-0.15, -0.1) is 0 Å². The highest BCUT2D eigenvalue weighted by atomic mass is 16.6. The van der Waals surface area contributed by atoms with E-state index in [1.54, 1.807) is 19.1 Å². The summed E-state index contributed by atoms with van der Waals surface area (Å²) >= 11 is 0. The Hall–Kier alpha value is -2.89. The van der Waals surface area contributed by atoms with Crippen LogP contribution in [0, 0.1) is 0 Å². The van der Waals surface area contributed by atoms with Crippen LogP contribution in [0.4, 0.5) is 4.79 Å². The van der Waals surface area contributed by atoms with E-state index in [1.165, 1.54) is 0 Å². The molecule has 0 radical (unpaired) electrons. The van der Waals surface area contributed by atoms with Crippen LogP contribution in [-0.4, -0.2) is 50.0 Å². The van der Waals surface area contributed by atoms with Gasteiger partial charge in [-0.05, 0) is 69.7 Å². The second kappa shape index (κ2) is 10.6. The number of amides is 1. The second-order valence-corrected chi connectivity index (χ2v) is 9.04. The van der Waals surface area contributed by atoms with E-state index in [0.29, 0.717) is 13.2 Å². The van der Waals surface area contributed by atoms with Gasteiger partial charge < -0.3 is 23.8 Å². The molecule has 1 aliphatic rings. The summed E-state index contributed by atoms with van der Waals surface area (Å²) < 4.78 is 22.8. The van der Waals surface area contributed by atoms with E-state index in [1.807, 2.05) is 51.1 Å². The van der Waals surface area contributed by atoms with Crippen molar-refractivity contribution in [3.05, 3.63) is 53.6 Å². The van der Waals surface area contributed by atoms with E-state index in [0.717, 1.165) is 54.1 Å². The molecule has 1 fully saturated rings. The lowest BCUT2D eigenvalue weighted by atomic mass is 10.0. The summed E-state index contributed by atoms with van der Waals surface area (Å²) in [5.74, 6) is 2.36. The summed E-state index contributed by atoms with van der Waals surface area (Å²) in [6.07, 6.45) is 3.23. The number of hydrogen-bond acceptors (Lipinski definition) is 5. The Bertz CT molecular complexity index is 905. The normalized spacial score (nSPS) is 16.0. The molecular formula is C26H35NO5. The molecule has 1 saturated heterocycles. The number of para-hydroxylation sites is 2. The van der Waals surface area contributed by atoms with E-state index >= 15 is 0 Å². The molecule has 6 heteroatoms. The first kappa shape index (κ1) is 23.8. The number of aryl methyl sites for hydroxylation is 2. The van der Waals surface area contributed by atoms with Crippen LogP contribution in [0.15, 0.2) is 42.5 Å². The predicted octanol–water partition coefficient (Wildman–Crippen LogP) is 5.27. The molecule has 1 heterocycles. The van der Waals surface area contributed by atoms with Crippen LogP contribution >= 0.6 is 0 Å². The predicted molar refractivity (Wildman–Crippen MR) is 125 cm³/mol. The van der Waals surface area contributed by atoms with Crippen LogP contribution in [0.25, 0.3) is 0 Å². The quantitative estimate of drug-likeness (QED) is 0.559. The number of carbonyl (C=O) groups excluding carboxylic acids is 1. The molecule has 0 spiro atoms. The molecule has 0 aliphatic carbocycles. The first-order chi connectivity index (χ1) is 15.3. The maximum Gasteiger partial charge on any atom is 0.410 e. The number of nitrogens with zero attached hydrogens (tertiary/aromatic N) is 1. The third-order valence-electron chi connectivity index (χ3n) is 5.56. The molecule has 1 aliphatic heterocycles. The van der Waals surface area contributed by atoms with Crippen molar-refractivity contribution in [3.63, 3.8) is 0 Å². The highest BCUT2D eigenvalue weighted by molar-refractivity contribution is 5.69. The minimum Gasteiger partial charge on any atom is -0.493 e. The van der Waals surface area contributed by atoms with Gasteiger partial charge in [0.15, 0.2) is 11.5 Å². The van der Waals surface area contributed by atoms with Gasteiger partial charge >= 0.3 is 6.09 Å². The third-order valence-corrected chi connectivity index (χ3v) is 5.56. The maximum absolute atomic E-state index is 12.5. The molecule has 2 aromatic carbocycles. The molecule has 32 heavy (non-hydrogen) atoms. The average molecular weight is 442 g/mol. The summed E-state index contributed by atoms with van der Waals surface area (Å²) in [6, 6.07) is 14.0. The Morgan fingerprint density at radius 1 is 0.969 bits per heavy atom. The zero-order valence-corrected chi connectivity index (χ0v) is 19.8. The Balaban J connectivity index is 1.64. The van der Waals surface area contributed by atoms with E-state index < -0.39 is 5.60 Å². The fourth-order valence-corrected chi connectivity index (χ4v) is 4.03. The van der Waals surface area contributed by atoms with Crippen LogP contribution in [0.2, 0.25) is 0 Å². The summed E-state index contributed by atoms with van der Waals surface area (Å²) in [6.45, 7) is 6.83. The van der Waals surface area contributed by atoms with Gasteiger partial charge in [0.25, 0.3) is 0 Å². The SMILES string of the molecule is COc1cccc(CCc2ccccc2OCC2CCCN2C(=O)OC(C)(C)C)c1OC. The molecule has 0 bridgehead atoms. The van der Waals surface area contributed by atoms with Crippen LogP contribution in [0.3, 0.4) is 0 Å². The molecule has 0 N–H and O–H groups in total. The van der Waals surface area contributed by atoms with Crippen molar-refractivity contribution in [2.24, 2.45) is 0 Å². The van der Waals surface area contributed by atoms with Crippen molar-refractivity contribution in [2.45, 2.75) is 58.1 Å². The van der Waals surface area contributed by atoms with Gasteiger partial charge in [0, 0.05) is 6.54 Å². The van der Waals surface area contributed by atoms with Gasteiger partial charge in [-0.2, -0.15) is 0 Å². The number of carbonyl (C=O) groups is 1. The smallest absolute Gasteiger partial charge is 0.410 e. The van der Waals surface area contributed by atoms with E-state index in [2.05, 4.69) is 12.1 Å². The molecule has 174 valence electrons. The zero-order chi connectivity index (χ0) is 23.1. The lowest BCUT2D eigenvalue weighted by Gasteiger charge is -2.28. The number of methoxy groups -OCH3 is 2. The number of hydrogen-bond donors (Lipinski definition) is 0. The molecule has 1 unspecified atom stereocenters. The minimum absolute atomic E-state index is 0.0244. The monoisotopic (exact) mass is 441 g/mol. The highest BCUT2D eigenvalue weighted by Gasteiger charge is 2.32. The van der Waals surface area contributed by atoms with Crippen LogP contribution in [0.5, 0.6) is 17.2 Å². The summed E-state index contributed by atoms with van der Waals surface area (Å²) in [5, 5.41) is 0. The van der Waals surface area contributed by atoms with Crippen LogP contribution in [0.1, 0.15) is 44.7 Å². The van der Waals surface area contributed by atoms with Crippen molar-refractivity contribution in [1.82, 2.24) is 4.90 Å². The number of likely N-dealkylation sites (tertiary alicyclic amines) is 1. The molecule has 0 saturated carbocycles. The van der Waals surface area contributed by atoms with Crippen molar-refractivity contribution in [1.29, 1.82) is 0 Å². The standard InChI is InChI=1S/C26H35NO5/c1-26(2,3)32-25(28)27-17-9-12-21(27)18-31-22-13-7-6-10-19(22)15-16-20-11-8-14-23(29-4)24(20)30-5/h6-8,10-11,13-14,21H,9,12,15-18H2,1-5H3.